The second-order valence-corrected chi connectivity index (χ2v) is 5.70. The Morgan fingerprint density at radius 2 is 2.06 bits per heavy atom. The summed E-state index contributed by atoms with van der Waals surface area (Å²) in [5.41, 5.74) is 0.665. The summed E-state index contributed by atoms with van der Waals surface area (Å²) in [6.45, 7) is 5.13. The number of furan rings is 1. The molecule has 0 radical (unpaired) electrons. The predicted octanol–water partition coefficient (Wildman–Crippen LogP) is 1.67. The summed E-state index contributed by atoms with van der Waals surface area (Å²) in [6.07, 6.45) is 1.28. The Balaban J connectivity index is 2.18. The number of nitrogens with one attached hydrogen (secondary N) is 1. The van der Waals surface area contributed by atoms with Gasteiger partial charge in [0.1, 0.15) is 22.2 Å². The molecule has 0 atom stereocenters. The fourth-order valence-corrected chi connectivity index (χ4v) is 2.83. The Morgan fingerprint density at radius 3 is 2.56 bits per heavy atom. The van der Waals surface area contributed by atoms with E-state index in [0.29, 0.717) is 23.0 Å². The van der Waals surface area contributed by atoms with Crippen LogP contribution in [0.1, 0.15) is 23.0 Å². The molecule has 0 aromatic carbocycles. The minimum atomic E-state index is -3.59. The van der Waals surface area contributed by atoms with E-state index in [0.717, 1.165) is 0 Å². The highest BCUT2D eigenvalue weighted by molar-refractivity contribution is 7.89. The topological polar surface area (TPSA) is 85.3 Å². The Hall–Kier alpha value is -1.60. The van der Waals surface area contributed by atoms with Crippen LogP contribution in [0.15, 0.2) is 26.2 Å². The Labute approximate surface area is 105 Å². The molecule has 2 aromatic heterocycles. The molecule has 2 heterocycles. The van der Waals surface area contributed by atoms with Gasteiger partial charge < -0.3 is 8.83 Å². The summed E-state index contributed by atoms with van der Waals surface area (Å²) in [6, 6.07) is 1.49. The number of aryl methyl sites for hydroxylation is 3. The molecule has 0 saturated carbocycles. The van der Waals surface area contributed by atoms with Crippen molar-refractivity contribution in [3.8, 4) is 0 Å². The molecule has 0 aliphatic rings. The van der Waals surface area contributed by atoms with Crippen molar-refractivity contribution in [2.24, 2.45) is 0 Å². The highest BCUT2D eigenvalue weighted by Crippen LogP contribution is 2.19. The van der Waals surface area contributed by atoms with Gasteiger partial charge in [-0.1, -0.05) is 0 Å². The summed E-state index contributed by atoms with van der Waals surface area (Å²) in [7, 11) is -3.59. The molecule has 6 nitrogen and oxygen atoms in total. The van der Waals surface area contributed by atoms with Gasteiger partial charge in [0, 0.05) is 0 Å². The lowest BCUT2D eigenvalue weighted by molar-refractivity contribution is 0.487. The third-order valence-electron chi connectivity index (χ3n) is 2.55. The van der Waals surface area contributed by atoms with E-state index in [1.807, 2.05) is 0 Å². The number of hydrogen-bond acceptors (Lipinski definition) is 5. The number of aromatic nitrogens is 1. The monoisotopic (exact) mass is 270 g/mol. The second kappa shape index (κ2) is 4.58. The van der Waals surface area contributed by atoms with Gasteiger partial charge in [-0.25, -0.2) is 18.1 Å². The van der Waals surface area contributed by atoms with E-state index in [2.05, 4.69) is 9.71 Å². The van der Waals surface area contributed by atoms with Crippen molar-refractivity contribution in [3.63, 3.8) is 0 Å². The van der Waals surface area contributed by atoms with E-state index in [1.54, 1.807) is 20.8 Å². The number of oxazole rings is 1. The van der Waals surface area contributed by atoms with Crippen molar-refractivity contribution < 1.29 is 17.3 Å². The van der Waals surface area contributed by atoms with E-state index >= 15 is 0 Å². The summed E-state index contributed by atoms with van der Waals surface area (Å²) in [5.74, 6) is 1.43. The second-order valence-electron chi connectivity index (χ2n) is 3.96. The number of hydrogen-bond donors (Lipinski definition) is 1. The number of nitrogens with zero attached hydrogens (tertiary/aromatic N) is 1. The highest BCUT2D eigenvalue weighted by Gasteiger charge is 2.21. The molecule has 0 aliphatic carbocycles. The van der Waals surface area contributed by atoms with Gasteiger partial charge in [-0.15, -0.1) is 0 Å². The Bertz CT molecular complexity index is 654. The van der Waals surface area contributed by atoms with Gasteiger partial charge in [-0.05, 0) is 26.8 Å². The average molecular weight is 270 g/mol. The zero-order valence-electron chi connectivity index (χ0n) is 10.4. The van der Waals surface area contributed by atoms with Crippen LogP contribution in [-0.2, 0) is 16.6 Å². The molecule has 0 amide bonds. The maximum atomic E-state index is 12.0. The third kappa shape index (κ3) is 2.46. The van der Waals surface area contributed by atoms with Crippen LogP contribution < -0.4 is 4.72 Å². The van der Waals surface area contributed by atoms with Crippen LogP contribution >= 0.6 is 0 Å². The van der Waals surface area contributed by atoms with Crippen LogP contribution in [0.3, 0.4) is 0 Å². The molecule has 7 heteroatoms. The molecular weight excluding hydrogens is 256 g/mol. The zero-order chi connectivity index (χ0) is 13.3. The molecule has 1 N–H and O–H groups in total. The van der Waals surface area contributed by atoms with E-state index in [4.69, 9.17) is 8.83 Å². The van der Waals surface area contributed by atoms with Crippen molar-refractivity contribution in [1.82, 2.24) is 9.71 Å². The first-order valence-electron chi connectivity index (χ1n) is 5.36. The van der Waals surface area contributed by atoms with Crippen LogP contribution in [0.2, 0.25) is 0 Å². The van der Waals surface area contributed by atoms with E-state index in [9.17, 15) is 8.42 Å². The van der Waals surface area contributed by atoms with Crippen LogP contribution in [0, 0.1) is 20.8 Å². The Kier molecular flexibility index (Phi) is 3.27. The first-order valence-corrected chi connectivity index (χ1v) is 6.84. The summed E-state index contributed by atoms with van der Waals surface area (Å²) < 4.78 is 36.8. The predicted molar refractivity (Wildman–Crippen MR) is 63.4 cm³/mol. The fraction of sp³-hybridized carbons (Fsp3) is 0.364. The summed E-state index contributed by atoms with van der Waals surface area (Å²) in [4.78, 5) is 4.04. The lowest BCUT2D eigenvalue weighted by Gasteiger charge is -2.03. The number of rotatable bonds is 4. The highest BCUT2D eigenvalue weighted by atomic mass is 32.2. The molecule has 0 unspecified atom stereocenters. The molecule has 0 bridgehead atoms. The van der Waals surface area contributed by atoms with Crippen molar-refractivity contribution in [2.45, 2.75) is 32.2 Å². The fourth-order valence-electron chi connectivity index (χ4n) is 1.61. The van der Waals surface area contributed by atoms with Gasteiger partial charge in [-0.3, -0.25) is 0 Å². The first-order chi connectivity index (χ1) is 8.40. The van der Waals surface area contributed by atoms with Crippen LogP contribution in [-0.4, -0.2) is 13.4 Å². The number of sulfonamides is 1. The third-order valence-corrected chi connectivity index (χ3v) is 4.06. The average Bonchev–Trinajstić information content (AvgIpc) is 2.82. The zero-order valence-corrected chi connectivity index (χ0v) is 11.2. The van der Waals surface area contributed by atoms with E-state index in [-0.39, 0.29) is 11.4 Å². The quantitative estimate of drug-likeness (QED) is 0.913. The molecule has 0 fully saturated rings. The summed E-state index contributed by atoms with van der Waals surface area (Å²) >= 11 is 0. The smallest absolute Gasteiger partial charge is 0.244 e. The molecule has 98 valence electrons. The standard InChI is InChI=1S/C11H14N2O4S/c1-7-4-11(9(3)17-7)18(14,15)13-5-10-8(2)12-6-16-10/h4,6,13H,5H2,1-3H3. The maximum absolute atomic E-state index is 12.0. The molecule has 18 heavy (non-hydrogen) atoms. The molecule has 0 aliphatic heterocycles. The molecular formula is C11H14N2O4S. The lowest BCUT2D eigenvalue weighted by atomic mass is 10.4. The van der Waals surface area contributed by atoms with Crippen LogP contribution in [0.5, 0.6) is 0 Å². The first kappa shape index (κ1) is 12.8. The molecule has 0 spiro atoms. The SMILES string of the molecule is Cc1cc(S(=O)(=O)NCc2ocnc2C)c(C)o1. The van der Waals surface area contributed by atoms with Gasteiger partial charge in [0.15, 0.2) is 6.39 Å². The van der Waals surface area contributed by atoms with Gasteiger partial charge in [0.25, 0.3) is 0 Å². The minimum Gasteiger partial charge on any atom is -0.465 e. The van der Waals surface area contributed by atoms with Gasteiger partial charge in [-0.2, -0.15) is 0 Å². The maximum Gasteiger partial charge on any atom is 0.244 e. The molecule has 2 rings (SSSR count). The van der Waals surface area contributed by atoms with Crippen LogP contribution in [0.4, 0.5) is 0 Å². The van der Waals surface area contributed by atoms with Crippen molar-refractivity contribution in [1.29, 1.82) is 0 Å². The van der Waals surface area contributed by atoms with Crippen molar-refractivity contribution >= 4 is 10.0 Å². The minimum absolute atomic E-state index is 0.0673. The normalized spacial score (nSPS) is 11.9. The van der Waals surface area contributed by atoms with Crippen LogP contribution in [0.25, 0.3) is 0 Å². The molecule has 2 aromatic rings. The van der Waals surface area contributed by atoms with Gasteiger partial charge >= 0.3 is 0 Å². The van der Waals surface area contributed by atoms with Crippen molar-refractivity contribution in [2.75, 3.05) is 0 Å². The lowest BCUT2D eigenvalue weighted by Crippen LogP contribution is -2.23. The summed E-state index contributed by atoms with van der Waals surface area (Å²) in [5, 5.41) is 0. The van der Waals surface area contributed by atoms with Gasteiger partial charge in [0.05, 0.1) is 12.2 Å². The van der Waals surface area contributed by atoms with E-state index in [1.165, 1.54) is 12.5 Å². The van der Waals surface area contributed by atoms with Crippen molar-refractivity contribution in [3.05, 3.63) is 35.4 Å². The van der Waals surface area contributed by atoms with E-state index < -0.39 is 10.0 Å². The largest absolute Gasteiger partial charge is 0.465 e. The Morgan fingerprint density at radius 1 is 1.33 bits per heavy atom. The molecule has 0 saturated heterocycles. The van der Waals surface area contributed by atoms with Gasteiger partial charge in [0.2, 0.25) is 10.0 Å².